The Balaban J connectivity index is 2.16. The highest BCUT2D eigenvalue weighted by molar-refractivity contribution is 5.57. The van der Waals surface area contributed by atoms with Crippen LogP contribution in [0.4, 0.5) is 11.5 Å². The molecule has 0 spiro atoms. The van der Waals surface area contributed by atoms with E-state index in [4.69, 9.17) is 0 Å². The summed E-state index contributed by atoms with van der Waals surface area (Å²) in [5.41, 5.74) is 0.0950. The minimum atomic E-state index is -0.367. The van der Waals surface area contributed by atoms with Gasteiger partial charge in [0.05, 0.1) is 4.92 Å². The van der Waals surface area contributed by atoms with Crippen molar-refractivity contribution in [3.63, 3.8) is 0 Å². The zero-order valence-corrected chi connectivity index (χ0v) is 9.80. The van der Waals surface area contributed by atoms with E-state index in [9.17, 15) is 10.1 Å². The molecule has 2 rings (SSSR count). The van der Waals surface area contributed by atoms with Crippen molar-refractivity contribution in [1.82, 2.24) is 10.3 Å². The van der Waals surface area contributed by atoms with Gasteiger partial charge in [-0.3, -0.25) is 10.1 Å². The molecular formula is C11H16N4O2. The fraction of sp³-hybridized carbons (Fsp3) is 0.545. The lowest BCUT2D eigenvalue weighted by atomic mass is 10.1. The molecule has 1 N–H and O–H groups in total. The van der Waals surface area contributed by atoms with Gasteiger partial charge in [0.2, 0.25) is 5.82 Å². The van der Waals surface area contributed by atoms with Crippen molar-refractivity contribution >= 4 is 11.5 Å². The number of pyridine rings is 1. The summed E-state index contributed by atoms with van der Waals surface area (Å²) in [5, 5.41) is 14.1. The molecule has 0 radical (unpaired) electrons. The van der Waals surface area contributed by atoms with Gasteiger partial charge in [-0.15, -0.1) is 0 Å². The normalized spacial score (nSPS) is 19.6. The van der Waals surface area contributed by atoms with Gasteiger partial charge in [0, 0.05) is 25.4 Å². The zero-order valence-electron chi connectivity index (χ0n) is 9.80. The van der Waals surface area contributed by atoms with Crippen molar-refractivity contribution < 1.29 is 4.92 Å². The molecule has 0 aromatic carbocycles. The van der Waals surface area contributed by atoms with E-state index in [-0.39, 0.29) is 10.6 Å². The maximum Gasteiger partial charge on any atom is 0.311 e. The fourth-order valence-corrected chi connectivity index (χ4v) is 2.25. The van der Waals surface area contributed by atoms with Crippen LogP contribution in [0.5, 0.6) is 0 Å². The Morgan fingerprint density at radius 1 is 1.71 bits per heavy atom. The molecule has 0 amide bonds. The fourth-order valence-electron chi connectivity index (χ4n) is 2.25. The maximum atomic E-state index is 10.9. The van der Waals surface area contributed by atoms with Crippen LogP contribution in [0.15, 0.2) is 18.3 Å². The topological polar surface area (TPSA) is 71.3 Å². The van der Waals surface area contributed by atoms with Crippen LogP contribution < -0.4 is 10.2 Å². The van der Waals surface area contributed by atoms with Gasteiger partial charge in [-0.2, -0.15) is 0 Å². The van der Waals surface area contributed by atoms with Crippen molar-refractivity contribution in [3.8, 4) is 0 Å². The van der Waals surface area contributed by atoms with Gasteiger partial charge in [0.25, 0.3) is 0 Å². The number of nitrogens with one attached hydrogen (secondary N) is 1. The number of hydrogen-bond donors (Lipinski definition) is 1. The van der Waals surface area contributed by atoms with Gasteiger partial charge < -0.3 is 10.2 Å². The summed E-state index contributed by atoms with van der Waals surface area (Å²) >= 11 is 0. The van der Waals surface area contributed by atoms with E-state index >= 15 is 0 Å². The Morgan fingerprint density at radius 3 is 3.24 bits per heavy atom. The highest BCUT2D eigenvalue weighted by Gasteiger charge is 2.27. The molecule has 1 aliphatic rings. The van der Waals surface area contributed by atoms with Gasteiger partial charge in [0.15, 0.2) is 0 Å². The van der Waals surface area contributed by atoms with Crippen molar-refractivity contribution in [1.29, 1.82) is 0 Å². The zero-order chi connectivity index (χ0) is 12.3. The lowest BCUT2D eigenvalue weighted by Gasteiger charge is -2.16. The van der Waals surface area contributed by atoms with E-state index < -0.39 is 0 Å². The third kappa shape index (κ3) is 2.52. The molecule has 1 saturated heterocycles. The first-order chi connectivity index (χ1) is 8.22. The van der Waals surface area contributed by atoms with Crippen LogP contribution >= 0.6 is 0 Å². The van der Waals surface area contributed by atoms with Crippen molar-refractivity contribution in [2.75, 3.05) is 31.6 Å². The third-order valence-corrected chi connectivity index (χ3v) is 3.04. The van der Waals surface area contributed by atoms with E-state index in [2.05, 4.69) is 10.3 Å². The quantitative estimate of drug-likeness (QED) is 0.624. The SMILES string of the molecule is CNCC1CCN(c2ncccc2[N+](=O)[O-])C1. The van der Waals surface area contributed by atoms with Gasteiger partial charge >= 0.3 is 5.69 Å². The Morgan fingerprint density at radius 2 is 2.53 bits per heavy atom. The molecule has 0 aliphatic carbocycles. The molecule has 2 heterocycles. The second kappa shape index (κ2) is 5.09. The predicted octanol–water partition coefficient (Wildman–Crippen LogP) is 1.04. The molecule has 0 bridgehead atoms. The van der Waals surface area contributed by atoms with Crippen molar-refractivity contribution in [3.05, 3.63) is 28.4 Å². The molecule has 1 aromatic heterocycles. The Bertz CT molecular complexity index is 410. The van der Waals surface area contributed by atoms with Crippen molar-refractivity contribution in [2.45, 2.75) is 6.42 Å². The van der Waals surface area contributed by atoms with Crippen LogP contribution in [0, 0.1) is 16.0 Å². The van der Waals surface area contributed by atoms with Gasteiger partial charge in [0.1, 0.15) is 0 Å². The molecule has 1 fully saturated rings. The standard InChI is InChI=1S/C11H16N4O2/c1-12-7-9-4-6-14(8-9)11-10(15(16)17)3-2-5-13-11/h2-3,5,9,12H,4,6-8H2,1H3. The first-order valence-electron chi connectivity index (χ1n) is 5.71. The number of nitrogens with zero attached hydrogens (tertiary/aromatic N) is 3. The summed E-state index contributed by atoms with van der Waals surface area (Å²) in [4.78, 5) is 16.7. The molecule has 1 aromatic rings. The summed E-state index contributed by atoms with van der Waals surface area (Å²) in [5.74, 6) is 1.04. The molecule has 1 aliphatic heterocycles. The summed E-state index contributed by atoms with van der Waals surface area (Å²) in [6.45, 7) is 2.61. The number of aromatic nitrogens is 1. The maximum absolute atomic E-state index is 10.9. The minimum absolute atomic E-state index is 0.0950. The lowest BCUT2D eigenvalue weighted by Crippen LogP contribution is -2.25. The minimum Gasteiger partial charge on any atom is -0.351 e. The van der Waals surface area contributed by atoms with Crippen molar-refractivity contribution in [2.24, 2.45) is 5.92 Å². The number of anilines is 1. The molecule has 17 heavy (non-hydrogen) atoms. The number of rotatable bonds is 4. The van der Waals surface area contributed by atoms with E-state index in [1.54, 1.807) is 12.3 Å². The van der Waals surface area contributed by atoms with Crippen LogP contribution in [0.2, 0.25) is 0 Å². The average Bonchev–Trinajstić information content (AvgIpc) is 2.78. The highest BCUT2D eigenvalue weighted by Crippen LogP contribution is 2.29. The summed E-state index contributed by atoms with van der Waals surface area (Å²) in [7, 11) is 1.92. The Hall–Kier alpha value is -1.69. The summed E-state index contributed by atoms with van der Waals surface area (Å²) < 4.78 is 0. The molecular weight excluding hydrogens is 220 g/mol. The molecule has 1 atom stereocenters. The van der Waals surface area contributed by atoms with Crippen LogP contribution in [0.25, 0.3) is 0 Å². The molecule has 92 valence electrons. The van der Waals surface area contributed by atoms with E-state index in [1.807, 2.05) is 11.9 Å². The van der Waals surface area contributed by atoms with E-state index in [1.165, 1.54) is 6.07 Å². The lowest BCUT2D eigenvalue weighted by molar-refractivity contribution is -0.384. The Labute approximate surface area is 99.8 Å². The van der Waals surface area contributed by atoms with Gasteiger partial charge in [-0.25, -0.2) is 4.98 Å². The van der Waals surface area contributed by atoms with Crippen LogP contribution in [-0.4, -0.2) is 36.6 Å². The first kappa shape index (κ1) is 11.8. The third-order valence-electron chi connectivity index (χ3n) is 3.04. The van der Waals surface area contributed by atoms with Crippen LogP contribution in [0.1, 0.15) is 6.42 Å². The monoisotopic (exact) mass is 236 g/mol. The Kier molecular flexibility index (Phi) is 3.53. The smallest absolute Gasteiger partial charge is 0.311 e. The molecule has 6 nitrogen and oxygen atoms in total. The highest BCUT2D eigenvalue weighted by atomic mass is 16.6. The summed E-state index contributed by atoms with van der Waals surface area (Å²) in [6, 6.07) is 3.11. The largest absolute Gasteiger partial charge is 0.351 e. The van der Waals surface area contributed by atoms with Crippen LogP contribution in [-0.2, 0) is 0 Å². The number of nitro groups is 1. The molecule has 6 heteroatoms. The predicted molar refractivity (Wildman–Crippen MR) is 65.1 cm³/mol. The first-order valence-corrected chi connectivity index (χ1v) is 5.71. The van der Waals surface area contributed by atoms with Crippen LogP contribution in [0.3, 0.4) is 0 Å². The van der Waals surface area contributed by atoms with E-state index in [0.717, 1.165) is 26.1 Å². The van der Waals surface area contributed by atoms with Gasteiger partial charge in [-0.05, 0) is 32.0 Å². The average molecular weight is 236 g/mol. The van der Waals surface area contributed by atoms with Gasteiger partial charge in [-0.1, -0.05) is 0 Å². The summed E-state index contributed by atoms with van der Waals surface area (Å²) in [6.07, 6.45) is 2.66. The number of hydrogen-bond acceptors (Lipinski definition) is 5. The second-order valence-corrected chi connectivity index (χ2v) is 4.26. The second-order valence-electron chi connectivity index (χ2n) is 4.26. The molecule has 0 saturated carbocycles. The molecule has 1 unspecified atom stereocenters. The van der Waals surface area contributed by atoms with E-state index in [0.29, 0.717) is 11.7 Å².